The Morgan fingerprint density at radius 2 is 1.98 bits per heavy atom. The second kappa shape index (κ2) is 11.4. The molecule has 0 bridgehead atoms. The van der Waals surface area contributed by atoms with Crippen molar-refractivity contribution in [3.63, 3.8) is 0 Å². The van der Waals surface area contributed by atoms with Crippen molar-refractivity contribution in [3.05, 3.63) is 48.4 Å². The second-order valence-corrected chi connectivity index (χ2v) is 8.40. The Morgan fingerprint density at radius 3 is 2.58 bits per heavy atom. The van der Waals surface area contributed by atoms with E-state index in [1.165, 1.54) is 43.1 Å². The highest BCUT2D eigenvalue weighted by Crippen LogP contribution is 2.27. The van der Waals surface area contributed by atoms with Gasteiger partial charge in [0.25, 0.3) is 5.91 Å². The number of carbonyl (C=O) groups is 3. The van der Waals surface area contributed by atoms with Gasteiger partial charge in [-0.2, -0.15) is 13.2 Å². The molecule has 3 aromatic rings. The zero-order valence-corrected chi connectivity index (χ0v) is 21.3. The lowest BCUT2D eigenvalue weighted by molar-refractivity contribution is -0.145. The summed E-state index contributed by atoms with van der Waals surface area (Å²) in [6.45, 7) is 2.97. The maximum atomic E-state index is 13.3. The van der Waals surface area contributed by atoms with Crippen LogP contribution in [0.1, 0.15) is 36.2 Å². The smallest absolute Gasteiger partial charge is 0.371 e. The number of hydrogen-bond donors (Lipinski definition) is 3. The van der Waals surface area contributed by atoms with Crippen LogP contribution in [0.5, 0.6) is 0 Å². The average Bonchev–Trinajstić information content (AvgIpc) is 3.56. The van der Waals surface area contributed by atoms with Crippen LogP contribution in [0.2, 0.25) is 0 Å². The summed E-state index contributed by atoms with van der Waals surface area (Å²) in [6.07, 6.45) is -1.61. The largest absolute Gasteiger partial charge is 0.451 e. The molecule has 0 fully saturated rings. The molecule has 3 aromatic heterocycles. The molecule has 0 saturated carbocycles. The van der Waals surface area contributed by atoms with Gasteiger partial charge in [0.2, 0.25) is 18.1 Å². The minimum Gasteiger partial charge on any atom is -0.371 e. The van der Waals surface area contributed by atoms with E-state index in [0.29, 0.717) is 6.41 Å². The van der Waals surface area contributed by atoms with Crippen molar-refractivity contribution in [2.24, 2.45) is 4.99 Å². The first-order chi connectivity index (χ1) is 19.0. The van der Waals surface area contributed by atoms with Gasteiger partial charge in [-0.05, 0) is 26.0 Å². The monoisotopic (exact) mass is 560 g/mol. The maximum absolute atomic E-state index is 13.3. The van der Waals surface area contributed by atoms with Crippen LogP contribution >= 0.6 is 0 Å². The molecule has 4 rings (SSSR count). The predicted octanol–water partition coefficient (Wildman–Crippen LogP) is 1.87. The lowest BCUT2D eigenvalue weighted by atomic mass is 10.2. The van der Waals surface area contributed by atoms with Crippen molar-refractivity contribution in [2.75, 3.05) is 24.2 Å². The molecule has 3 N–H and O–H groups in total. The van der Waals surface area contributed by atoms with Gasteiger partial charge in [-0.1, -0.05) is 6.07 Å². The van der Waals surface area contributed by atoms with Crippen molar-refractivity contribution in [1.82, 2.24) is 34.9 Å². The third kappa shape index (κ3) is 6.04. The standard InChI is InChI=1S/C23H23F3N10O4/c1-12(20(38)33-16-6-4-5-15(32-16)14-7-28-22(29-8-14)23(24,25)26)36-10-30-19(27-3)18(36)21(39)35(11-37)9-17-31-13(2)40-34-17/h4-8,10-13,27H,9H2,1-3H3,(H,31,34)(H,32,33,38)/t12-,13?/m0/s1. The normalized spacial score (nSPS) is 15.6. The Kier molecular flexibility index (Phi) is 8.03. The SMILES string of the molecule is CNc1ncn([C@@H](C)C(=O)Nc2cccc(-c3cnc(C(F)(F)F)nc3)n2)c1C(=O)N(C=O)CC1=NC(C)ON1. The fourth-order valence-corrected chi connectivity index (χ4v) is 3.63. The zero-order chi connectivity index (χ0) is 29.0. The minimum atomic E-state index is -4.68. The molecule has 4 heterocycles. The van der Waals surface area contributed by atoms with Gasteiger partial charge in [-0.3, -0.25) is 19.3 Å². The van der Waals surface area contributed by atoms with Crippen molar-refractivity contribution >= 4 is 35.7 Å². The lowest BCUT2D eigenvalue weighted by Gasteiger charge is -2.20. The molecule has 3 amide bonds. The number of carbonyl (C=O) groups excluding carboxylic acids is 3. The van der Waals surface area contributed by atoms with Crippen LogP contribution in [-0.4, -0.2) is 73.3 Å². The highest BCUT2D eigenvalue weighted by Gasteiger charge is 2.34. The minimum absolute atomic E-state index is 0.0616. The predicted molar refractivity (Wildman–Crippen MR) is 134 cm³/mol. The van der Waals surface area contributed by atoms with Gasteiger partial charge in [0.1, 0.15) is 17.7 Å². The molecular formula is C23H23F3N10O4. The summed E-state index contributed by atoms with van der Waals surface area (Å²) in [5.41, 5.74) is 2.90. The number of amidine groups is 1. The van der Waals surface area contributed by atoms with Crippen LogP contribution in [0, 0.1) is 0 Å². The third-order valence-electron chi connectivity index (χ3n) is 5.62. The molecule has 0 saturated heterocycles. The van der Waals surface area contributed by atoms with Gasteiger partial charge in [-0.15, -0.1) is 0 Å². The summed E-state index contributed by atoms with van der Waals surface area (Å²) in [4.78, 5) is 63.3. The molecule has 0 radical (unpaired) electrons. The topological polar surface area (TPSA) is 169 Å². The number of hydrogen-bond acceptors (Lipinski definition) is 11. The third-order valence-corrected chi connectivity index (χ3v) is 5.62. The number of aromatic nitrogens is 5. The number of nitrogens with one attached hydrogen (secondary N) is 3. The molecule has 40 heavy (non-hydrogen) atoms. The summed E-state index contributed by atoms with van der Waals surface area (Å²) in [5.74, 6) is -2.15. The highest BCUT2D eigenvalue weighted by molar-refractivity contribution is 6.05. The first-order valence-electron chi connectivity index (χ1n) is 11.7. The molecule has 14 nitrogen and oxygen atoms in total. The summed E-state index contributed by atoms with van der Waals surface area (Å²) < 4.78 is 39.6. The molecule has 0 aliphatic carbocycles. The lowest BCUT2D eigenvalue weighted by Crippen LogP contribution is -2.39. The van der Waals surface area contributed by atoms with Gasteiger partial charge in [0, 0.05) is 25.0 Å². The van der Waals surface area contributed by atoms with Gasteiger partial charge >= 0.3 is 6.18 Å². The number of imidazole rings is 1. The summed E-state index contributed by atoms with van der Waals surface area (Å²) >= 11 is 0. The van der Waals surface area contributed by atoms with E-state index >= 15 is 0 Å². The molecule has 17 heteroatoms. The maximum Gasteiger partial charge on any atom is 0.451 e. The summed E-state index contributed by atoms with van der Waals surface area (Å²) in [5, 5.41) is 5.37. The average molecular weight is 560 g/mol. The molecule has 210 valence electrons. The van der Waals surface area contributed by atoms with Crippen molar-refractivity contribution in [2.45, 2.75) is 32.3 Å². The Hall–Kier alpha value is -4.93. The number of pyridine rings is 1. The van der Waals surface area contributed by atoms with Crippen LogP contribution in [0.15, 0.2) is 41.9 Å². The number of nitrogens with zero attached hydrogens (tertiary/aromatic N) is 7. The number of imide groups is 1. The van der Waals surface area contributed by atoms with Gasteiger partial charge in [0.15, 0.2) is 17.7 Å². The summed E-state index contributed by atoms with van der Waals surface area (Å²) in [6, 6.07) is 3.52. The molecule has 1 aliphatic heterocycles. The van der Waals surface area contributed by atoms with E-state index in [1.54, 1.807) is 6.92 Å². The van der Waals surface area contributed by atoms with Crippen LogP contribution < -0.4 is 16.1 Å². The highest BCUT2D eigenvalue weighted by atomic mass is 19.4. The van der Waals surface area contributed by atoms with Gasteiger partial charge in [-0.25, -0.2) is 35.2 Å². The Balaban J connectivity index is 1.53. The molecule has 0 aromatic carbocycles. The van der Waals surface area contributed by atoms with Crippen LogP contribution in [-0.2, 0) is 20.6 Å². The fourth-order valence-electron chi connectivity index (χ4n) is 3.63. The number of anilines is 2. The van der Waals surface area contributed by atoms with E-state index in [-0.39, 0.29) is 41.0 Å². The number of alkyl halides is 3. The molecule has 0 spiro atoms. The van der Waals surface area contributed by atoms with E-state index in [0.717, 1.165) is 17.3 Å². The fraction of sp³-hybridized carbons (Fsp3) is 0.304. The first-order valence-corrected chi connectivity index (χ1v) is 11.7. The van der Waals surface area contributed by atoms with Crippen LogP contribution in [0.25, 0.3) is 11.3 Å². The molecule has 1 unspecified atom stereocenters. The first kappa shape index (κ1) is 28.1. The summed E-state index contributed by atoms with van der Waals surface area (Å²) in [7, 11) is 1.53. The quantitative estimate of drug-likeness (QED) is 0.329. The van der Waals surface area contributed by atoms with Gasteiger partial charge in [0.05, 0.1) is 18.6 Å². The molecule has 2 atom stereocenters. The Bertz CT molecular complexity index is 1440. The Labute approximate surface area is 224 Å². The number of hydroxylamine groups is 1. The number of amides is 3. The number of rotatable bonds is 9. The van der Waals surface area contributed by atoms with E-state index < -0.39 is 36.1 Å². The van der Waals surface area contributed by atoms with Crippen molar-refractivity contribution < 1.29 is 32.4 Å². The number of aliphatic imine (C=N–C) groups is 1. The van der Waals surface area contributed by atoms with E-state index in [9.17, 15) is 27.6 Å². The van der Waals surface area contributed by atoms with Gasteiger partial charge < -0.3 is 15.2 Å². The van der Waals surface area contributed by atoms with E-state index in [2.05, 4.69) is 41.0 Å². The molecule has 1 aliphatic rings. The molecular weight excluding hydrogens is 537 g/mol. The van der Waals surface area contributed by atoms with Crippen LogP contribution in [0.4, 0.5) is 24.8 Å². The Morgan fingerprint density at radius 1 is 1.25 bits per heavy atom. The van der Waals surface area contributed by atoms with Crippen LogP contribution in [0.3, 0.4) is 0 Å². The van der Waals surface area contributed by atoms with Crippen molar-refractivity contribution in [3.8, 4) is 11.3 Å². The van der Waals surface area contributed by atoms with Crippen molar-refractivity contribution in [1.29, 1.82) is 0 Å². The second-order valence-electron chi connectivity index (χ2n) is 8.40. The van der Waals surface area contributed by atoms with E-state index in [1.807, 2.05) is 0 Å². The number of halogens is 3. The zero-order valence-electron chi connectivity index (χ0n) is 21.3. The van der Waals surface area contributed by atoms with E-state index in [4.69, 9.17) is 4.84 Å².